The van der Waals surface area contributed by atoms with Crippen LogP contribution in [0.5, 0.6) is 17.2 Å². The molecular formula is C18H23NO3. The van der Waals surface area contributed by atoms with Gasteiger partial charge >= 0.3 is 0 Å². The minimum atomic E-state index is 0.180. The average Bonchev–Trinajstić information content (AvgIpc) is 2.59. The van der Waals surface area contributed by atoms with Gasteiger partial charge < -0.3 is 19.9 Å². The Morgan fingerprint density at radius 2 is 1.68 bits per heavy atom. The van der Waals surface area contributed by atoms with E-state index in [0.29, 0.717) is 30.4 Å². The highest BCUT2D eigenvalue weighted by atomic mass is 16.5. The van der Waals surface area contributed by atoms with Crippen molar-refractivity contribution in [2.45, 2.75) is 19.4 Å². The molecule has 0 bridgehead atoms. The molecule has 0 aliphatic carbocycles. The normalized spacial score (nSPS) is 11.8. The second-order valence-electron chi connectivity index (χ2n) is 5.13. The molecule has 0 fully saturated rings. The first-order chi connectivity index (χ1) is 10.7. The maximum Gasteiger partial charge on any atom is 0.204 e. The van der Waals surface area contributed by atoms with Crippen LogP contribution in [0.3, 0.4) is 0 Å². The molecule has 0 saturated heterocycles. The molecule has 0 saturated carbocycles. The van der Waals surface area contributed by atoms with Crippen LogP contribution in [0.25, 0.3) is 0 Å². The van der Waals surface area contributed by atoms with E-state index in [0.717, 1.165) is 11.1 Å². The Bertz CT molecular complexity index is 599. The van der Waals surface area contributed by atoms with Gasteiger partial charge in [-0.2, -0.15) is 0 Å². The molecule has 2 rings (SSSR count). The van der Waals surface area contributed by atoms with Gasteiger partial charge in [0.05, 0.1) is 14.2 Å². The Balaban J connectivity index is 2.34. The Morgan fingerprint density at radius 3 is 2.27 bits per heavy atom. The topological polar surface area (TPSA) is 53.7 Å². The summed E-state index contributed by atoms with van der Waals surface area (Å²) in [7, 11) is 3.26. The average molecular weight is 301 g/mol. The number of hydrogen-bond acceptors (Lipinski definition) is 4. The van der Waals surface area contributed by atoms with Crippen molar-refractivity contribution in [2.24, 2.45) is 5.73 Å². The van der Waals surface area contributed by atoms with Gasteiger partial charge in [-0.1, -0.05) is 43.3 Å². The van der Waals surface area contributed by atoms with Crippen LogP contribution in [0.4, 0.5) is 0 Å². The monoisotopic (exact) mass is 301 g/mol. The summed E-state index contributed by atoms with van der Waals surface area (Å²) in [4.78, 5) is 0. The maximum atomic E-state index is 5.98. The third kappa shape index (κ3) is 3.52. The summed E-state index contributed by atoms with van der Waals surface area (Å²) in [6.07, 6.45) is 0. The second-order valence-corrected chi connectivity index (χ2v) is 5.13. The molecule has 2 N–H and O–H groups in total. The predicted molar refractivity (Wildman–Crippen MR) is 87.8 cm³/mol. The fourth-order valence-electron chi connectivity index (χ4n) is 2.31. The van der Waals surface area contributed by atoms with E-state index in [4.69, 9.17) is 19.9 Å². The number of benzene rings is 2. The molecule has 1 atom stereocenters. The molecule has 0 aliphatic rings. The molecule has 0 spiro atoms. The van der Waals surface area contributed by atoms with E-state index in [1.807, 2.05) is 42.5 Å². The van der Waals surface area contributed by atoms with Crippen molar-refractivity contribution in [3.05, 3.63) is 53.6 Å². The van der Waals surface area contributed by atoms with Gasteiger partial charge in [-0.3, -0.25) is 0 Å². The number of rotatable bonds is 7. The van der Waals surface area contributed by atoms with Crippen molar-refractivity contribution in [1.82, 2.24) is 0 Å². The molecule has 4 heteroatoms. The minimum absolute atomic E-state index is 0.180. The molecule has 0 aromatic heterocycles. The number of nitrogens with two attached hydrogens (primary N) is 1. The van der Waals surface area contributed by atoms with Crippen molar-refractivity contribution in [1.29, 1.82) is 0 Å². The number of methoxy groups -OCH3 is 2. The maximum absolute atomic E-state index is 5.98. The van der Waals surface area contributed by atoms with Gasteiger partial charge in [0.2, 0.25) is 5.75 Å². The zero-order chi connectivity index (χ0) is 15.9. The fourth-order valence-corrected chi connectivity index (χ4v) is 2.31. The molecule has 0 amide bonds. The lowest BCUT2D eigenvalue weighted by Crippen LogP contribution is -2.11. The van der Waals surface area contributed by atoms with Crippen LogP contribution in [-0.2, 0) is 6.61 Å². The quantitative estimate of drug-likeness (QED) is 0.852. The molecule has 1 unspecified atom stereocenters. The van der Waals surface area contributed by atoms with Crippen LogP contribution in [0.1, 0.15) is 24.0 Å². The van der Waals surface area contributed by atoms with Gasteiger partial charge in [0.1, 0.15) is 6.61 Å². The van der Waals surface area contributed by atoms with Crippen LogP contribution >= 0.6 is 0 Å². The van der Waals surface area contributed by atoms with E-state index < -0.39 is 0 Å². The lowest BCUT2D eigenvalue weighted by molar-refractivity contribution is 0.264. The molecule has 0 heterocycles. The fraction of sp³-hybridized carbons (Fsp3) is 0.333. The smallest absolute Gasteiger partial charge is 0.204 e. The highest BCUT2D eigenvalue weighted by molar-refractivity contribution is 5.56. The first kappa shape index (κ1) is 16.2. The highest BCUT2D eigenvalue weighted by Gasteiger charge is 2.19. The van der Waals surface area contributed by atoms with Crippen LogP contribution in [-0.4, -0.2) is 20.8 Å². The van der Waals surface area contributed by atoms with Crippen molar-refractivity contribution >= 4 is 0 Å². The lowest BCUT2D eigenvalue weighted by Gasteiger charge is -2.20. The number of ether oxygens (including phenoxy) is 3. The van der Waals surface area contributed by atoms with E-state index in [1.54, 1.807) is 14.2 Å². The molecule has 2 aromatic rings. The summed E-state index contributed by atoms with van der Waals surface area (Å²) < 4.78 is 17.0. The van der Waals surface area contributed by atoms with Gasteiger partial charge in [0.25, 0.3) is 0 Å². The Labute approximate surface area is 131 Å². The summed E-state index contributed by atoms with van der Waals surface area (Å²) in [5.74, 6) is 2.14. The van der Waals surface area contributed by atoms with E-state index >= 15 is 0 Å². The molecule has 4 nitrogen and oxygen atoms in total. The van der Waals surface area contributed by atoms with E-state index in [-0.39, 0.29) is 5.92 Å². The van der Waals surface area contributed by atoms with Gasteiger partial charge in [-0.05, 0) is 24.1 Å². The van der Waals surface area contributed by atoms with Gasteiger partial charge in [0, 0.05) is 5.56 Å². The van der Waals surface area contributed by atoms with Crippen molar-refractivity contribution in [3.8, 4) is 17.2 Å². The van der Waals surface area contributed by atoms with Crippen molar-refractivity contribution < 1.29 is 14.2 Å². The molecule has 0 aliphatic heterocycles. The van der Waals surface area contributed by atoms with E-state index in [1.165, 1.54) is 0 Å². The van der Waals surface area contributed by atoms with Crippen LogP contribution in [0.2, 0.25) is 0 Å². The predicted octanol–water partition coefficient (Wildman–Crippen LogP) is 3.35. The van der Waals surface area contributed by atoms with Crippen molar-refractivity contribution in [3.63, 3.8) is 0 Å². The lowest BCUT2D eigenvalue weighted by atomic mass is 9.99. The number of hydrogen-bond donors (Lipinski definition) is 1. The summed E-state index contributed by atoms with van der Waals surface area (Å²) >= 11 is 0. The molecule has 22 heavy (non-hydrogen) atoms. The third-order valence-electron chi connectivity index (χ3n) is 3.64. The van der Waals surface area contributed by atoms with Crippen LogP contribution in [0.15, 0.2) is 42.5 Å². The van der Waals surface area contributed by atoms with Gasteiger partial charge in [-0.25, -0.2) is 0 Å². The Kier molecular flexibility index (Phi) is 5.67. The molecule has 2 aromatic carbocycles. The minimum Gasteiger partial charge on any atom is -0.493 e. The zero-order valence-corrected chi connectivity index (χ0v) is 13.3. The molecule has 118 valence electrons. The van der Waals surface area contributed by atoms with E-state index in [9.17, 15) is 0 Å². The zero-order valence-electron chi connectivity index (χ0n) is 13.3. The standard InChI is InChI=1S/C18H23NO3/c1-13(11-19)15-9-10-16(20-2)18(17(15)21-3)22-12-14-7-5-4-6-8-14/h4-10,13H,11-12,19H2,1-3H3. The molecule has 0 radical (unpaired) electrons. The first-order valence-electron chi connectivity index (χ1n) is 7.32. The SMILES string of the molecule is COc1ccc(C(C)CN)c(OC)c1OCc1ccccc1. The summed E-state index contributed by atoms with van der Waals surface area (Å²) in [5.41, 5.74) is 7.89. The van der Waals surface area contributed by atoms with Crippen LogP contribution in [0, 0.1) is 0 Å². The van der Waals surface area contributed by atoms with Gasteiger partial charge in [0.15, 0.2) is 11.5 Å². The summed E-state index contributed by atoms with van der Waals surface area (Å²) in [5, 5.41) is 0. The van der Waals surface area contributed by atoms with E-state index in [2.05, 4.69) is 6.92 Å². The Morgan fingerprint density at radius 1 is 0.955 bits per heavy atom. The largest absolute Gasteiger partial charge is 0.493 e. The van der Waals surface area contributed by atoms with Crippen molar-refractivity contribution in [2.75, 3.05) is 20.8 Å². The third-order valence-corrected chi connectivity index (χ3v) is 3.64. The summed E-state index contributed by atoms with van der Waals surface area (Å²) in [6, 6.07) is 13.9. The summed E-state index contributed by atoms with van der Waals surface area (Å²) in [6.45, 7) is 3.06. The highest BCUT2D eigenvalue weighted by Crippen LogP contribution is 2.42. The Hall–Kier alpha value is -2.20. The molecular weight excluding hydrogens is 278 g/mol. The van der Waals surface area contributed by atoms with Crippen LogP contribution < -0.4 is 19.9 Å². The van der Waals surface area contributed by atoms with Gasteiger partial charge in [-0.15, -0.1) is 0 Å². The first-order valence-corrected chi connectivity index (χ1v) is 7.32. The second kappa shape index (κ2) is 7.71.